The minimum absolute atomic E-state index is 0.113. The van der Waals surface area contributed by atoms with E-state index in [1.54, 1.807) is 9.80 Å². The van der Waals surface area contributed by atoms with Crippen LogP contribution >= 0.6 is 39.9 Å². The van der Waals surface area contributed by atoms with Gasteiger partial charge in [0.2, 0.25) is 0 Å². The highest BCUT2D eigenvalue weighted by Crippen LogP contribution is 2.47. The number of halogens is 1. The summed E-state index contributed by atoms with van der Waals surface area (Å²) in [6, 6.07) is 15.9. The summed E-state index contributed by atoms with van der Waals surface area (Å²) >= 11 is 10.4. The number of rotatable bonds is 3. The fourth-order valence-corrected chi connectivity index (χ4v) is 6.46. The van der Waals surface area contributed by atoms with E-state index in [0.29, 0.717) is 21.3 Å². The quantitative estimate of drug-likeness (QED) is 0.379. The van der Waals surface area contributed by atoms with E-state index >= 15 is 0 Å². The molecule has 2 heterocycles. The first-order chi connectivity index (χ1) is 15.0. The van der Waals surface area contributed by atoms with Crippen molar-refractivity contribution in [2.45, 2.75) is 44.7 Å². The molecule has 7 heteroatoms. The van der Waals surface area contributed by atoms with E-state index in [1.165, 1.54) is 18.2 Å². The fraction of sp³-hybridized carbons (Fsp3) is 0.292. The Morgan fingerprint density at radius 1 is 1.00 bits per heavy atom. The van der Waals surface area contributed by atoms with Crippen LogP contribution in [0.1, 0.15) is 43.2 Å². The first-order valence-electron chi connectivity index (χ1n) is 10.5. The Kier molecular flexibility index (Phi) is 5.75. The summed E-state index contributed by atoms with van der Waals surface area (Å²) in [5.41, 5.74) is 3.14. The van der Waals surface area contributed by atoms with Crippen molar-refractivity contribution in [3.63, 3.8) is 0 Å². The molecule has 0 spiro atoms. The minimum atomic E-state index is -0.138. The van der Waals surface area contributed by atoms with Gasteiger partial charge in [-0.25, -0.2) is 0 Å². The van der Waals surface area contributed by atoms with Crippen LogP contribution in [-0.4, -0.2) is 27.1 Å². The summed E-state index contributed by atoms with van der Waals surface area (Å²) in [4.78, 5) is 31.1. The number of nitrogens with zero attached hydrogens (tertiary/aromatic N) is 2. The molecular weight excluding hydrogens is 492 g/mol. The van der Waals surface area contributed by atoms with E-state index in [9.17, 15) is 9.59 Å². The molecule has 1 aliphatic carbocycles. The number of benzene rings is 2. The van der Waals surface area contributed by atoms with Gasteiger partial charge in [0.25, 0.3) is 11.8 Å². The van der Waals surface area contributed by atoms with Crippen molar-refractivity contribution in [3.8, 4) is 0 Å². The highest BCUT2D eigenvalue weighted by molar-refractivity contribution is 9.10. The zero-order valence-electron chi connectivity index (χ0n) is 16.8. The van der Waals surface area contributed by atoms with Crippen molar-refractivity contribution in [3.05, 3.63) is 69.0 Å². The van der Waals surface area contributed by atoms with Crippen LogP contribution in [0.3, 0.4) is 0 Å². The molecule has 0 atom stereocenters. The number of carbonyl (C=O) groups excluding carboxylic acids is 2. The van der Waals surface area contributed by atoms with Crippen molar-refractivity contribution in [2.75, 3.05) is 4.90 Å². The predicted molar refractivity (Wildman–Crippen MR) is 133 cm³/mol. The molecule has 3 aliphatic rings. The summed E-state index contributed by atoms with van der Waals surface area (Å²) in [5, 5.41) is 0. The van der Waals surface area contributed by atoms with E-state index in [2.05, 4.69) is 15.9 Å². The normalized spacial score (nSPS) is 21.9. The van der Waals surface area contributed by atoms with E-state index in [0.717, 1.165) is 47.0 Å². The molecule has 0 bridgehead atoms. The minimum Gasteiger partial charge on any atom is -0.303 e. The average Bonchev–Trinajstić information content (AvgIpc) is 3.21. The third-order valence-electron chi connectivity index (χ3n) is 6.13. The van der Waals surface area contributed by atoms with E-state index in [1.807, 2.05) is 48.5 Å². The van der Waals surface area contributed by atoms with Crippen LogP contribution in [0.2, 0.25) is 0 Å². The summed E-state index contributed by atoms with van der Waals surface area (Å²) in [6.45, 7) is 0.459. The van der Waals surface area contributed by atoms with Crippen molar-refractivity contribution in [2.24, 2.45) is 0 Å². The number of anilines is 1. The molecule has 2 aliphatic heterocycles. The maximum atomic E-state index is 13.6. The number of thioether (sulfide) groups is 1. The summed E-state index contributed by atoms with van der Waals surface area (Å²) in [7, 11) is 0. The van der Waals surface area contributed by atoms with Crippen LogP contribution in [0.4, 0.5) is 5.69 Å². The third kappa shape index (κ3) is 3.77. The predicted octanol–water partition coefficient (Wildman–Crippen LogP) is 5.90. The smallest absolute Gasteiger partial charge is 0.267 e. The number of thiocarbonyl (C=S) groups is 1. The molecule has 2 aromatic carbocycles. The van der Waals surface area contributed by atoms with Gasteiger partial charge in [-0.15, -0.1) is 0 Å². The standard InChI is InChI=1S/C24H21BrN2O2S2/c25-16-11-12-19-18(13-16)20(22(28)26(19)14-15-7-3-1-4-8-15)21-23(29)27(24(30)31-21)17-9-5-2-6-10-17/h1,3-4,7-8,11-13,17H,2,5-6,9-10,14H2/b21-20-. The van der Waals surface area contributed by atoms with Crippen LogP contribution in [0, 0.1) is 0 Å². The first-order valence-corrected chi connectivity index (χ1v) is 12.5. The zero-order chi connectivity index (χ0) is 21.5. The average molecular weight is 513 g/mol. The molecule has 0 aromatic heterocycles. The van der Waals surface area contributed by atoms with Gasteiger partial charge in [0.05, 0.1) is 22.7 Å². The van der Waals surface area contributed by atoms with Crippen LogP contribution in [0.15, 0.2) is 57.9 Å². The van der Waals surface area contributed by atoms with Crippen LogP contribution in [0.25, 0.3) is 5.57 Å². The van der Waals surface area contributed by atoms with Gasteiger partial charge in [0.15, 0.2) is 0 Å². The largest absolute Gasteiger partial charge is 0.303 e. The third-order valence-corrected chi connectivity index (χ3v) is 8.02. The molecule has 31 heavy (non-hydrogen) atoms. The molecule has 2 aromatic rings. The van der Waals surface area contributed by atoms with Crippen molar-refractivity contribution < 1.29 is 9.59 Å². The van der Waals surface area contributed by atoms with Gasteiger partial charge in [-0.05, 0) is 36.6 Å². The van der Waals surface area contributed by atoms with Gasteiger partial charge in [-0.2, -0.15) is 0 Å². The highest BCUT2D eigenvalue weighted by atomic mass is 79.9. The second-order valence-corrected chi connectivity index (χ2v) is 10.6. The maximum Gasteiger partial charge on any atom is 0.267 e. The number of hydrogen-bond acceptors (Lipinski definition) is 4. The summed E-state index contributed by atoms with van der Waals surface area (Å²) < 4.78 is 1.45. The molecule has 1 saturated carbocycles. The summed E-state index contributed by atoms with van der Waals surface area (Å²) in [6.07, 6.45) is 5.40. The van der Waals surface area contributed by atoms with Gasteiger partial charge in [0, 0.05) is 16.1 Å². The Morgan fingerprint density at radius 2 is 1.74 bits per heavy atom. The Morgan fingerprint density at radius 3 is 2.48 bits per heavy atom. The SMILES string of the molecule is O=C1/C(=C2\SC(=S)N(C3CCCCC3)C2=O)c2cc(Br)ccc2N1Cc1ccccc1. The molecule has 2 amide bonds. The lowest BCUT2D eigenvalue weighted by Crippen LogP contribution is -2.40. The van der Waals surface area contributed by atoms with Crippen molar-refractivity contribution >= 4 is 67.3 Å². The molecule has 4 nitrogen and oxygen atoms in total. The molecule has 0 radical (unpaired) electrons. The molecule has 5 rings (SSSR count). The van der Waals surface area contributed by atoms with Crippen molar-refractivity contribution in [1.82, 2.24) is 4.90 Å². The second kappa shape index (κ2) is 8.52. The van der Waals surface area contributed by atoms with Crippen LogP contribution in [0.5, 0.6) is 0 Å². The van der Waals surface area contributed by atoms with Gasteiger partial charge in [-0.3, -0.25) is 14.5 Å². The molecule has 2 fully saturated rings. The Hall–Kier alpha value is -1.96. The molecule has 158 valence electrons. The number of hydrogen-bond donors (Lipinski definition) is 0. The lowest BCUT2D eigenvalue weighted by atomic mass is 9.94. The molecule has 0 N–H and O–H groups in total. The Bertz CT molecular complexity index is 1110. The zero-order valence-corrected chi connectivity index (χ0v) is 20.1. The molecular formula is C24H21BrN2O2S2. The fourth-order valence-electron chi connectivity index (χ4n) is 4.63. The lowest BCUT2D eigenvalue weighted by Gasteiger charge is -2.29. The van der Waals surface area contributed by atoms with E-state index < -0.39 is 0 Å². The molecule has 0 unspecified atom stereocenters. The first kappa shape index (κ1) is 20.9. The summed E-state index contributed by atoms with van der Waals surface area (Å²) in [5.74, 6) is -0.251. The van der Waals surface area contributed by atoms with Gasteiger partial charge >= 0.3 is 0 Å². The van der Waals surface area contributed by atoms with E-state index in [-0.39, 0.29) is 17.9 Å². The van der Waals surface area contributed by atoms with Crippen LogP contribution < -0.4 is 4.90 Å². The Balaban J connectivity index is 1.56. The number of amides is 2. The van der Waals surface area contributed by atoms with Crippen molar-refractivity contribution in [1.29, 1.82) is 0 Å². The highest BCUT2D eigenvalue weighted by Gasteiger charge is 2.44. The topological polar surface area (TPSA) is 40.6 Å². The Labute approximate surface area is 199 Å². The van der Waals surface area contributed by atoms with E-state index in [4.69, 9.17) is 12.2 Å². The van der Waals surface area contributed by atoms with Crippen LogP contribution in [-0.2, 0) is 16.1 Å². The van der Waals surface area contributed by atoms with Gasteiger partial charge in [-0.1, -0.05) is 89.5 Å². The van der Waals surface area contributed by atoms with Gasteiger partial charge < -0.3 is 4.90 Å². The molecule has 1 saturated heterocycles. The number of carbonyl (C=O) groups is 2. The van der Waals surface area contributed by atoms with Gasteiger partial charge in [0.1, 0.15) is 4.32 Å². The maximum absolute atomic E-state index is 13.6. The second-order valence-electron chi connectivity index (χ2n) is 8.08. The lowest BCUT2D eigenvalue weighted by molar-refractivity contribution is -0.124. The number of fused-ring (bicyclic) bond motifs is 1. The monoisotopic (exact) mass is 512 g/mol.